The molecule has 0 radical (unpaired) electrons. The van der Waals surface area contributed by atoms with Crippen molar-refractivity contribution in [2.24, 2.45) is 5.10 Å². The number of imidazole rings is 1. The lowest BCUT2D eigenvalue weighted by Crippen LogP contribution is -1.97. The molecule has 5 nitrogen and oxygen atoms in total. The summed E-state index contributed by atoms with van der Waals surface area (Å²) in [5.41, 5.74) is 9.03. The van der Waals surface area contributed by atoms with Crippen LogP contribution < -0.4 is 5.73 Å². The number of aromatic hydroxyl groups is 1. The molecule has 1 heterocycles. The van der Waals surface area contributed by atoms with Gasteiger partial charge in [0.1, 0.15) is 5.75 Å². The third-order valence-corrected chi connectivity index (χ3v) is 2.89. The molecule has 0 unspecified atom stereocenters. The summed E-state index contributed by atoms with van der Waals surface area (Å²) in [7, 11) is 0. The van der Waals surface area contributed by atoms with Crippen LogP contribution in [0.5, 0.6) is 5.75 Å². The van der Waals surface area contributed by atoms with E-state index in [2.05, 4.69) is 10.1 Å². The molecule has 0 atom stereocenters. The lowest BCUT2D eigenvalue weighted by Gasteiger charge is -2.05. The Hall–Kier alpha value is -2.30. The van der Waals surface area contributed by atoms with Gasteiger partial charge in [-0.15, -0.1) is 0 Å². The van der Waals surface area contributed by atoms with E-state index in [1.54, 1.807) is 12.4 Å². The number of nitrogen functional groups attached to an aromatic ring is 1. The van der Waals surface area contributed by atoms with E-state index in [9.17, 15) is 5.11 Å². The molecule has 2 aromatic rings. The molecule has 0 bridgehead atoms. The molecule has 0 saturated heterocycles. The molecule has 1 aromatic heterocycles. The number of phenolic OH excluding ortho intramolecular Hbond substituents is 1. The summed E-state index contributed by atoms with van der Waals surface area (Å²) in [4.78, 5) is 4.04. The highest BCUT2D eigenvalue weighted by Gasteiger charge is 2.05. The van der Waals surface area contributed by atoms with Gasteiger partial charge in [-0.05, 0) is 38.0 Å². The molecule has 2 rings (SSSR count). The first-order valence-electron chi connectivity index (χ1n) is 5.64. The molecule has 18 heavy (non-hydrogen) atoms. The fraction of sp³-hybridized carbons (Fsp3) is 0.231. The smallest absolute Gasteiger partial charge is 0.221 e. The number of anilines is 1. The molecule has 0 aliphatic rings. The molecular formula is C13H16N4O. The molecule has 0 spiro atoms. The van der Waals surface area contributed by atoms with Crippen LogP contribution in [-0.4, -0.2) is 21.0 Å². The monoisotopic (exact) mass is 244 g/mol. The summed E-state index contributed by atoms with van der Waals surface area (Å²) in [6, 6.07) is 3.76. The van der Waals surface area contributed by atoms with Crippen LogP contribution in [0.4, 0.5) is 5.95 Å². The molecular weight excluding hydrogens is 228 g/mol. The first-order valence-corrected chi connectivity index (χ1v) is 5.64. The van der Waals surface area contributed by atoms with Gasteiger partial charge in [0.25, 0.3) is 0 Å². The molecule has 3 N–H and O–H groups in total. The normalized spacial score (nSPS) is 11.3. The van der Waals surface area contributed by atoms with Crippen LogP contribution >= 0.6 is 0 Å². The standard InChI is InChI=1S/C13H16N4O/c1-8-4-5-11(12(18)10(8)3)6-15-17-7-9(2)16-13(17)14/h4-7,18H,1-3H3,(H2,14,16). The van der Waals surface area contributed by atoms with E-state index in [4.69, 9.17) is 5.73 Å². The molecule has 0 aliphatic heterocycles. The predicted molar refractivity (Wildman–Crippen MR) is 71.9 cm³/mol. The Morgan fingerprint density at radius 2 is 2.06 bits per heavy atom. The van der Waals surface area contributed by atoms with Gasteiger partial charge in [0.2, 0.25) is 5.95 Å². The van der Waals surface area contributed by atoms with Gasteiger partial charge in [0.15, 0.2) is 0 Å². The molecule has 0 amide bonds. The summed E-state index contributed by atoms with van der Waals surface area (Å²) in [5, 5.41) is 14.2. The van der Waals surface area contributed by atoms with E-state index in [0.717, 1.165) is 16.8 Å². The summed E-state index contributed by atoms with van der Waals surface area (Å²) in [5.74, 6) is 0.571. The highest BCUT2D eigenvalue weighted by molar-refractivity contribution is 5.84. The Balaban J connectivity index is 2.35. The SMILES string of the molecule is Cc1cn(N=Cc2ccc(C)c(C)c2O)c(N)n1. The van der Waals surface area contributed by atoms with Crippen molar-refractivity contribution in [2.45, 2.75) is 20.8 Å². The Labute approximate surface area is 106 Å². The molecule has 5 heteroatoms. The van der Waals surface area contributed by atoms with Crippen LogP contribution in [0.25, 0.3) is 0 Å². The maximum absolute atomic E-state index is 9.98. The largest absolute Gasteiger partial charge is 0.507 e. The number of hydrogen-bond donors (Lipinski definition) is 2. The summed E-state index contributed by atoms with van der Waals surface area (Å²) >= 11 is 0. The second-order valence-corrected chi connectivity index (χ2v) is 4.27. The van der Waals surface area contributed by atoms with Crippen LogP contribution in [0.15, 0.2) is 23.4 Å². The zero-order valence-corrected chi connectivity index (χ0v) is 10.7. The Kier molecular flexibility index (Phi) is 3.06. The zero-order valence-electron chi connectivity index (χ0n) is 10.7. The third-order valence-electron chi connectivity index (χ3n) is 2.89. The average molecular weight is 244 g/mol. The highest BCUT2D eigenvalue weighted by atomic mass is 16.3. The van der Waals surface area contributed by atoms with Crippen LogP contribution in [-0.2, 0) is 0 Å². The van der Waals surface area contributed by atoms with Gasteiger partial charge in [-0.3, -0.25) is 0 Å². The topological polar surface area (TPSA) is 76.4 Å². The van der Waals surface area contributed by atoms with Crippen molar-refractivity contribution in [3.8, 4) is 5.75 Å². The molecule has 0 saturated carbocycles. The lowest BCUT2D eigenvalue weighted by atomic mass is 10.1. The van der Waals surface area contributed by atoms with Crippen LogP contribution in [0.1, 0.15) is 22.4 Å². The first-order chi connectivity index (χ1) is 8.49. The number of benzene rings is 1. The quantitative estimate of drug-likeness (QED) is 0.793. The Morgan fingerprint density at radius 3 is 2.67 bits per heavy atom. The number of phenols is 1. The molecule has 0 fully saturated rings. The maximum atomic E-state index is 9.98. The maximum Gasteiger partial charge on any atom is 0.221 e. The first kappa shape index (κ1) is 12.2. The third kappa shape index (κ3) is 2.20. The number of nitrogens with zero attached hydrogens (tertiary/aromatic N) is 3. The van der Waals surface area contributed by atoms with Gasteiger partial charge in [-0.25, -0.2) is 9.66 Å². The van der Waals surface area contributed by atoms with Gasteiger partial charge in [-0.1, -0.05) is 6.07 Å². The lowest BCUT2D eigenvalue weighted by molar-refractivity contribution is 0.469. The van der Waals surface area contributed by atoms with E-state index in [-0.39, 0.29) is 5.75 Å². The van der Waals surface area contributed by atoms with Crippen molar-refractivity contribution < 1.29 is 5.11 Å². The van der Waals surface area contributed by atoms with Crippen molar-refractivity contribution in [1.29, 1.82) is 0 Å². The average Bonchev–Trinajstić information content (AvgIpc) is 2.64. The van der Waals surface area contributed by atoms with Crippen molar-refractivity contribution in [1.82, 2.24) is 9.66 Å². The molecule has 94 valence electrons. The Morgan fingerprint density at radius 1 is 1.33 bits per heavy atom. The molecule has 1 aromatic carbocycles. The van der Waals surface area contributed by atoms with Crippen molar-refractivity contribution >= 4 is 12.2 Å². The predicted octanol–water partition coefficient (Wildman–Crippen LogP) is 1.98. The number of nitrogens with two attached hydrogens (primary N) is 1. The van der Waals surface area contributed by atoms with E-state index in [0.29, 0.717) is 11.5 Å². The summed E-state index contributed by atoms with van der Waals surface area (Å²) in [6.45, 7) is 5.67. The van der Waals surface area contributed by atoms with Crippen LogP contribution in [0.3, 0.4) is 0 Å². The second-order valence-electron chi connectivity index (χ2n) is 4.27. The highest BCUT2D eigenvalue weighted by Crippen LogP contribution is 2.23. The fourth-order valence-corrected chi connectivity index (χ4v) is 1.65. The van der Waals surface area contributed by atoms with E-state index in [1.807, 2.05) is 32.9 Å². The van der Waals surface area contributed by atoms with Crippen molar-refractivity contribution in [3.63, 3.8) is 0 Å². The fourth-order valence-electron chi connectivity index (χ4n) is 1.65. The van der Waals surface area contributed by atoms with E-state index >= 15 is 0 Å². The van der Waals surface area contributed by atoms with Gasteiger partial charge in [0, 0.05) is 5.56 Å². The van der Waals surface area contributed by atoms with Crippen molar-refractivity contribution in [3.05, 3.63) is 40.7 Å². The van der Waals surface area contributed by atoms with E-state index < -0.39 is 0 Å². The second kappa shape index (κ2) is 4.52. The zero-order chi connectivity index (χ0) is 13.3. The van der Waals surface area contributed by atoms with Crippen LogP contribution in [0, 0.1) is 20.8 Å². The van der Waals surface area contributed by atoms with Crippen LogP contribution in [0.2, 0.25) is 0 Å². The summed E-state index contributed by atoms with van der Waals surface area (Å²) < 4.78 is 1.48. The number of rotatable bonds is 2. The minimum Gasteiger partial charge on any atom is -0.507 e. The Bertz CT molecular complexity index is 614. The van der Waals surface area contributed by atoms with E-state index in [1.165, 1.54) is 4.68 Å². The number of aromatic nitrogens is 2. The van der Waals surface area contributed by atoms with Crippen molar-refractivity contribution in [2.75, 3.05) is 5.73 Å². The minimum atomic E-state index is 0.245. The van der Waals surface area contributed by atoms with Gasteiger partial charge < -0.3 is 10.8 Å². The van der Waals surface area contributed by atoms with Gasteiger partial charge in [0.05, 0.1) is 18.1 Å². The van der Waals surface area contributed by atoms with Gasteiger partial charge in [-0.2, -0.15) is 5.10 Å². The summed E-state index contributed by atoms with van der Waals surface area (Å²) in [6.07, 6.45) is 3.29. The van der Waals surface area contributed by atoms with Gasteiger partial charge >= 0.3 is 0 Å². The number of hydrogen-bond acceptors (Lipinski definition) is 4. The minimum absolute atomic E-state index is 0.245. The number of aryl methyl sites for hydroxylation is 2. The molecule has 0 aliphatic carbocycles.